The largest absolute Gasteiger partial charge is 0.507 e. The number of rotatable bonds is 1. The van der Waals surface area contributed by atoms with Crippen LogP contribution in [0, 0.1) is 20.8 Å². The van der Waals surface area contributed by atoms with Crippen LogP contribution in [0.25, 0.3) is 44.0 Å². The quantitative estimate of drug-likeness (QED) is 0.283. The highest BCUT2D eigenvalue weighted by Crippen LogP contribution is 2.42. The first-order valence-electron chi connectivity index (χ1n) is 9.42. The maximum atomic E-state index is 11.2. The molecule has 0 aliphatic carbocycles. The van der Waals surface area contributed by atoms with Crippen molar-refractivity contribution in [2.24, 2.45) is 0 Å². The van der Waals surface area contributed by atoms with E-state index in [9.17, 15) is 5.11 Å². The van der Waals surface area contributed by atoms with Crippen LogP contribution in [0.1, 0.15) is 16.7 Å². The monoisotopic (exact) mass is 364 g/mol. The summed E-state index contributed by atoms with van der Waals surface area (Å²) in [6.45, 7) is 6.23. The molecule has 0 saturated heterocycles. The van der Waals surface area contributed by atoms with Crippen molar-refractivity contribution < 1.29 is 5.11 Å². The van der Waals surface area contributed by atoms with Gasteiger partial charge in [0.1, 0.15) is 11.3 Å². The zero-order valence-electron chi connectivity index (χ0n) is 16.1. The summed E-state index contributed by atoms with van der Waals surface area (Å²) in [6.07, 6.45) is 0. The molecule has 3 heteroatoms. The number of benzene rings is 4. The van der Waals surface area contributed by atoms with Crippen molar-refractivity contribution >= 4 is 32.8 Å². The van der Waals surface area contributed by atoms with Gasteiger partial charge in [-0.15, -0.1) is 0 Å². The van der Waals surface area contributed by atoms with Crippen molar-refractivity contribution in [2.45, 2.75) is 20.8 Å². The van der Waals surface area contributed by atoms with Gasteiger partial charge in [-0.1, -0.05) is 54.1 Å². The molecule has 0 atom stereocenters. The summed E-state index contributed by atoms with van der Waals surface area (Å²) in [7, 11) is 0. The number of aromatic nitrogens is 2. The predicted molar refractivity (Wildman–Crippen MR) is 116 cm³/mol. The van der Waals surface area contributed by atoms with Gasteiger partial charge < -0.3 is 5.11 Å². The smallest absolute Gasteiger partial charge is 0.133 e. The highest BCUT2D eigenvalue weighted by molar-refractivity contribution is 6.15. The Morgan fingerprint density at radius 1 is 0.679 bits per heavy atom. The first-order chi connectivity index (χ1) is 13.5. The zero-order valence-corrected chi connectivity index (χ0v) is 16.1. The van der Waals surface area contributed by atoms with Crippen molar-refractivity contribution in [3.05, 3.63) is 77.4 Å². The van der Waals surface area contributed by atoms with E-state index < -0.39 is 0 Å². The molecular formula is C25H20N2O. The molecule has 0 spiro atoms. The minimum atomic E-state index is 0.254. The fourth-order valence-corrected chi connectivity index (χ4v) is 3.81. The molecule has 5 rings (SSSR count). The second-order valence-corrected chi connectivity index (χ2v) is 7.48. The number of phenols is 1. The molecule has 0 bridgehead atoms. The summed E-state index contributed by atoms with van der Waals surface area (Å²) in [4.78, 5) is 9.95. The number of hydrogen-bond acceptors (Lipinski definition) is 3. The number of aromatic hydroxyl groups is 1. The molecule has 3 nitrogen and oxygen atoms in total. The first-order valence-corrected chi connectivity index (χ1v) is 9.42. The fourth-order valence-electron chi connectivity index (χ4n) is 3.81. The van der Waals surface area contributed by atoms with Crippen molar-refractivity contribution in [1.82, 2.24) is 9.97 Å². The van der Waals surface area contributed by atoms with Crippen molar-refractivity contribution in [2.75, 3.05) is 0 Å². The molecule has 0 aliphatic rings. The van der Waals surface area contributed by atoms with Crippen LogP contribution in [-0.4, -0.2) is 15.1 Å². The van der Waals surface area contributed by atoms with E-state index in [1.807, 2.05) is 36.4 Å². The van der Waals surface area contributed by atoms with Gasteiger partial charge in [0.2, 0.25) is 0 Å². The molecule has 1 N–H and O–H groups in total. The summed E-state index contributed by atoms with van der Waals surface area (Å²) in [5, 5.41) is 12.9. The highest BCUT2D eigenvalue weighted by Gasteiger charge is 2.18. The molecule has 5 aromatic rings. The standard InChI is InChI=1S/C25H20N2O/c1-14-8-10-17(11-9-14)22-24-23(18-6-4-5-7-19(18)25(22)28)26-20-12-15(2)16(3)13-21(20)27-24/h4-13,28H,1-3H3. The van der Waals surface area contributed by atoms with Gasteiger partial charge in [-0.05, 0) is 49.6 Å². The Morgan fingerprint density at radius 3 is 1.89 bits per heavy atom. The van der Waals surface area contributed by atoms with Crippen LogP contribution in [0.4, 0.5) is 0 Å². The van der Waals surface area contributed by atoms with Crippen molar-refractivity contribution in [3.8, 4) is 16.9 Å². The molecule has 0 radical (unpaired) electrons. The second kappa shape index (κ2) is 6.03. The molecule has 0 aliphatic heterocycles. The first kappa shape index (κ1) is 16.7. The molecule has 4 aromatic carbocycles. The molecule has 1 aromatic heterocycles. The maximum absolute atomic E-state index is 11.2. The average molecular weight is 364 g/mol. The number of nitrogens with zero attached hydrogens (tertiary/aromatic N) is 2. The lowest BCUT2D eigenvalue weighted by atomic mass is 9.96. The Hall–Kier alpha value is -3.46. The lowest BCUT2D eigenvalue weighted by Gasteiger charge is -2.14. The van der Waals surface area contributed by atoms with Gasteiger partial charge in [0, 0.05) is 10.8 Å². The van der Waals surface area contributed by atoms with E-state index in [-0.39, 0.29) is 5.75 Å². The van der Waals surface area contributed by atoms with Gasteiger partial charge in [0.25, 0.3) is 0 Å². The van der Waals surface area contributed by atoms with Crippen LogP contribution in [0.2, 0.25) is 0 Å². The minimum Gasteiger partial charge on any atom is -0.507 e. The van der Waals surface area contributed by atoms with Gasteiger partial charge in [-0.2, -0.15) is 0 Å². The summed E-state index contributed by atoms with van der Waals surface area (Å²) in [6, 6.07) is 20.2. The third-order valence-electron chi connectivity index (χ3n) is 5.53. The van der Waals surface area contributed by atoms with Crippen LogP contribution >= 0.6 is 0 Å². The topological polar surface area (TPSA) is 46.0 Å². The van der Waals surface area contributed by atoms with Crippen LogP contribution in [0.3, 0.4) is 0 Å². The SMILES string of the molecule is Cc1ccc(-c2c(O)c3ccccc3c3nc4cc(C)c(C)cc4nc23)cc1. The Kier molecular flexibility index (Phi) is 3.59. The van der Waals surface area contributed by atoms with Crippen molar-refractivity contribution in [1.29, 1.82) is 0 Å². The van der Waals surface area contributed by atoms with E-state index in [1.165, 1.54) is 16.7 Å². The van der Waals surface area contributed by atoms with Gasteiger partial charge in [0.05, 0.1) is 22.1 Å². The molecule has 0 saturated carbocycles. The van der Waals surface area contributed by atoms with E-state index in [2.05, 4.69) is 45.0 Å². The summed E-state index contributed by atoms with van der Waals surface area (Å²) < 4.78 is 0. The molecule has 136 valence electrons. The average Bonchev–Trinajstić information content (AvgIpc) is 2.70. The van der Waals surface area contributed by atoms with E-state index in [0.29, 0.717) is 0 Å². The molecule has 0 fully saturated rings. The van der Waals surface area contributed by atoms with Crippen LogP contribution in [0.15, 0.2) is 60.7 Å². The number of aryl methyl sites for hydroxylation is 3. The number of fused-ring (bicyclic) bond motifs is 4. The number of hydrogen-bond donors (Lipinski definition) is 1. The minimum absolute atomic E-state index is 0.254. The fraction of sp³-hybridized carbons (Fsp3) is 0.120. The Bertz CT molecular complexity index is 1390. The lowest BCUT2D eigenvalue weighted by Crippen LogP contribution is -1.95. The number of phenolic OH excluding ortho intramolecular Hbond substituents is 1. The van der Waals surface area contributed by atoms with Gasteiger partial charge >= 0.3 is 0 Å². The molecule has 1 heterocycles. The third-order valence-corrected chi connectivity index (χ3v) is 5.53. The van der Waals surface area contributed by atoms with E-state index in [0.717, 1.165) is 44.0 Å². The van der Waals surface area contributed by atoms with E-state index >= 15 is 0 Å². The Balaban J connectivity index is 2.01. The zero-order chi connectivity index (χ0) is 19.4. The normalized spacial score (nSPS) is 11.5. The summed E-state index contributed by atoms with van der Waals surface area (Å²) in [5.74, 6) is 0.254. The van der Waals surface area contributed by atoms with Gasteiger partial charge in [0.15, 0.2) is 0 Å². The van der Waals surface area contributed by atoms with E-state index in [4.69, 9.17) is 9.97 Å². The maximum Gasteiger partial charge on any atom is 0.133 e. The Morgan fingerprint density at radius 2 is 1.25 bits per heavy atom. The van der Waals surface area contributed by atoms with Crippen LogP contribution in [-0.2, 0) is 0 Å². The van der Waals surface area contributed by atoms with Gasteiger partial charge in [-0.25, -0.2) is 9.97 Å². The molecule has 28 heavy (non-hydrogen) atoms. The summed E-state index contributed by atoms with van der Waals surface area (Å²) in [5.41, 5.74) is 8.51. The Labute approximate surface area is 163 Å². The molecular weight excluding hydrogens is 344 g/mol. The summed E-state index contributed by atoms with van der Waals surface area (Å²) >= 11 is 0. The predicted octanol–water partition coefficient (Wildman–Crippen LogP) is 6.23. The third kappa shape index (κ3) is 2.43. The second-order valence-electron chi connectivity index (χ2n) is 7.48. The highest BCUT2D eigenvalue weighted by atomic mass is 16.3. The molecule has 0 amide bonds. The van der Waals surface area contributed by atoms with E-state index in [1.54, 1.807) is 0 Å². The van der Waals surface area contributed by atoms with Gasteiger partial charge in [-0.3, -0.25) is 0 Å². The molecule has 0 unspecified atom stereocenters. The van der Waals surface area contributed by atoms with Crippen LogP contribution in [0.5, 0.6) is 5.75 Å². The van der Waals surface area contributed by atoms with Crippen molar-refractivity contribution in [3.63, 3.8) is 0 Å². The lowest BCUT2D eigenvalue weighted by molar-refractivity contribution is 0.484. The van der Waals surface area contributed by atoms with Crippen LogP contribution < -0.4 is 0 Å².